The molecule has 1 amide bonds. The number of hydrogen-bond donors (Lipinski definition) is 1. The molecule has 0 radical (unpaired) electrons. The summed E-state index contributed by atoms with van der Waals surface area (Å²) >= 11 is 0. The minimum absolute atomic E-state index is 0.206. The summed E-state index contributed by atoms with van der Waals surface area (Å²) in [4.78, 5) is 15.6. The molecule has 39 heavy (non-hydrogen) atoms. The fourth-order valence-electron chi connectivity index (χ4n) is 5.18. The predicted molar refractivity (Wildman–Crippen MR) is 151 cm³/mol. The van der Waals surface area contributed by atoms with Crippen molar-refractivity contribution in [3.63, 3.8) is 0 Å². The number of rotatable bonds is 9. The van der Waals surface area contributed by atoms with E-state index in [2.05, 4.69) is 21.9 Å². The minimum atomic E-state index is -0.311. The van der Waals surface area contributed by atoms with Crippen molar-refractivity contribution in [2.24, 2.45) is 5.92 Å². The Balaban J connectivity index is 1.27. The smallest absolute Gasteiger partial charge is 0.259 e. The fourth-order valence-corrected chi connectivity index (χ4v) is 5.18. The van der Waals surface area contributed by atoms with Crippen LogP contribution in [0, 0.1) is 18.7 Å². The van der Waals surface area contributed by atoms with Crippen LogP contribution in [0.25, 0.3) is 10.9 Å². The van der Waals surface area contributed by atoms with Crippen LogP contribution in [-0.2, 0) is 13.2 Å². The van der Waals surface area contributed by atoms with Crippen LogP contribution in [0.15, 0.2) is 60.7 Å². The number of carbonyl (C=O) groups excluding carboxylic acids is 1. The largest absolute Gasteiger partial charge is 0.496 e. The molecule has 0 unspecified atom stereocenters. The maximum absolute atomic E-state index is 13.4. The van der Waals surface area contributed by atoms with Gasteiger partial charge in [0.25, 0.3) is 5.91 Å². The van der Waals surface area contributed by atoms with Crippen molar-refractivity contribution in [1.29, 1.82) is 0 Å². The number of amides is 1. The molecule has 204 valence electrons. The zero-order valence-electron chi connectivity index (χ0n) is 22.7. The lowest BCUT2D eigenvalue weighted by Gasteiger charge is -2.28. The van der Waals surface area contributed by atoms with Crippen LogP contribution < -0.4 is 14.8 Å². The van der Waals surface area contributed by atoms with E-state index in [0.29, 0.717) is 28.3 Å². The molecule has 1 N–H and O–H groups in total. The van der Waals surface area contributed by atoms with Gasteiger partial charge in [0.1, 0.15) is 23.9 Å². The van der Waals surface area contributed by atoms with Crippen molar-refractivity contribution < 1.29 is 18.7 Å². The number of nitrogens with one attached hydrogen (secondary N) is 1. The Hall–Kier alpha value is -3.91. The van der Waals surface area contributed by atoms with Crippen LogP contribution in [0.1, 0.15) is 40.9 Å². The van der Waals surface area contributed by atoms with Crippen LogP contribution in [0.5, 0.6) is 11.5 Å². The van der Waals surface area contributed by atoms with E-state index in [1.807, 2.05) is 25.1 Å². The van der Waals surface area contributed by atoms with Gasteiger partial charge in [0.05, 0.1) is 23.9 Å². The molecule has 1 aliphatic rings. The van der Waals surface area contributed by atoms with Gasteiger partial charge in [-0.1, -0.05) is 12.1 Å². The number of nitrogens with zero attached hydrogens (tertiary/aromatic N) is 3. The van der Waals surface area contributed by atoms with Crippen LogP contribution in [0.3, 0.4) is 0 Å². The van der Waals surface area contributed by atoms with Crippen molar-refractivity contribution in [3.8, 4) is 11.5 Å². The first-order valence-corrected chi connectivity index (χ1v) is 13.4. The molecule has 0 atom stereocenters. The number of ether oxygens (including phenoxy) is 2. The number of aromatic nitrogens is 2. The second kappa shape index (κ2) is 11.9. The van der Waals surface area contributed by atoms with Gasteiger partial charge in [-0.3, -0.25) is 9.48 Å². The van der Waals surface area contributed by atoms with Crippen molar-refractivity contribution in [3.05, 3.63) is 83.3 Å². The third-order valence-electron chi connectivity index (χ3n) is 7.49. The highest BCUT2D eigenvalue weighted by Gasteiger charge is 2.18. The number of hydrogen-bond acceptors (Lipinski definition) is 5. The summed E-state index contributed by atoms with van der Waals surface area (Å²) in [5, 5.41) is 8.89. The standard InChI is InChI=1S/C31H35FN4O3/c1-21-27-9-7-25(18-29(27)36(34-21)16-13-22-11-14-35(2)15-12-22)33-31(37)28-10-8-26(19-30(28)38-3)39-20-23-5-4-6-24(32)17-23/h4-10,17-19,22H,11-16,20H2,1-3H3,(H,33,37). The van der Waals surface area contributed by atoms with Gasteiger partial charge in [-0.2, -0.15) is 5.10 Å². The highest BCUT2D eigenvalue weighted by molar-refractivity contribution is 6.07. The van der Waals surface area contributed by atoms with E-state index in [-0.39, 0.29) is 18.3 Å². The molecule has 1 saturated heterocycles. The molecule has 7 nitrogen and oxygen atoms in total. The molecular weight excluding hydrogens is 495 g/mol. The lowest BCUT2D eigenvalue weighted by Crippen LogP contribution is -2.30. The topological polar surface area (TPSA) is 68.6 Å². The van der Waals surface area contributed by atoms with Crippen molar-refractivity contribution >= 4 is 22.5 Å². The van der Waals surface area contributed by atoms with E-state index < -0.39 is 0 Å². The molecule has 5 rings (SSSR count). The number of likely N-dealkylation sites (tertiary alicyclic amines) is 1. The molecule has 1 aliphatic heterocycles. The number of carbonyl (C=O) groups is 1. The van der Waals surface area contributed by atoms with Gasteiger partial charge in [0.15, 0.2) is 0 Å². The Bertz CT molecular complexity index is 1460. The SMILES string of the molecule is COc1cc(OCc2cccc(F)c2)ccc1C(=O)Nc1ccc2c(C)nn(CCC3CCN(C)CC3)c2c1. The van der Waals surface area contributed by atoms with E-state index in [1.54, 1.807) is 30.3 Å². The van der Waals surface area contributed by atoms with Gasteiger partial charge in [-0.15, -0.1) is 0 Å². The lowest BCUT2D eigenvalue weighted by molar-refractivity contribution is 0.102. The van der Waals surface area contributed by atoms with Gasteiger partial charge in [-0.05, 0) is 100 Å². The predicted octanol–water partition coefficient (Wildman–Crippen LogP) is 6.06. The maximum atomic E-state index is 13.4. The van der Waals surface area contributed by atoms with Crippen LogP contribution in [0.4, 0.5) is 10.1 Å². The molecule has 1 aromatic heterocycles. The molecule has 1 fully saturated rings. The zero-order chi connectivity index (χ0) is 27.4. The molecule has 0 aliphatic carbocycles. The monoisotopic (exact) mass is 530 g/mol. The van der Waals surface area contributed by atoms with E-state index in [0.717, 1.165) is 48.6 Å². The highest BCUT2D eigenvalue weighted by atomic mass is 19.1. The first-order valence-electron chi connectivity index (χ1n) is 13.4. The summed E-state index contributed by atoms with van der Waals surface area (Å²) in [6.07, 6.45) is 3.56. The van der Waals surface area contributed by atoms with Gasteiger partial charge < -0.3 is 19.7 Å². The summed E-state index contributed by atoms with van der Waals surface area (Å²) in [6, 6.07) is 17.2. The maximum Gasteiger partial charge on any atom is 0.259 e. The second-order valence-corrected chi connectivity index (χ2v) is 10.3. The van der Waals surface area contributed by atoms with E-state index in [1.165, 1.54) is 32.1 Å². The second-order valence-electron chi connectivity index (χ2n) is 10.3. The molecule has 3 aromatic carbocycles. The minimum Gasteiger partial charge on any atom is -0.496 e. The van der Waals surface area contributed by atoms with Crippen molar-refractivity contribution in [2.75, 3.05) is 32.6 Å². The Morgan fingerprint density at radius 2 is 1.92 bits per heavy atom. The Morgan fingerprint density at radius 3 is 2.69 bits per heavy atom. The number of piperidine rings is 1. The van der Waals surface area contributed by atoms with Gasteiger partial charge in [0.2, 0.25) is 0 Å². The average Bonchev–Trinajstić information content (AvgIpc) is 3.25. The Labute approximate surface area is 228 Å². The number of halogens is 1. The zero-order valence-corrected chi connectivity index (χ0v) is 22.7. The third kappa shape index (κ3) is 6.40. The van der Waals surface area contributed by atoms with Crippen LogP contribution in [0.2, 0.25) is 0 Å². The third-order valence-corrected chi connectivity index (χ3v) is 7.49. The van der Waals surface area contributed by atoms with E-state index >= 15 is 0 Å². The number of methoxy groups -OCH3 is 1. The quantitative estimate of drug-likeness (QED) is 0.285. The van der Waals surface area contributed by atoms with Gasteiger partial charge >= 0.3 is 0 Å². The normalized spacial score (nSPS) is 14.5. The van der Waals surface area contributed by atoms with Crippen molar-refractivity contribution in [1.82, 2.24) is 14.7 Å². The summed E-state index contributed by atoms with van der Waals surface area (Å²) in [7, 11) is 3.70. The first-order chi connectivity index (χ1) is 18.9. The Morgan fingerprint density at radius 1 is 1.10 bits per heavy atom. The average molecular weight is 531 g/mol. The Kier molecular flexibility index (Phi) is 8.12. The fraction of sp³-hybridized carbons (Fsp3) is 0.355. The molecule has 0 saturated carbocycles. The number of aryl methyl sites for hydroxylation is 2. The molecular formula is C31H35FN4O3. The van der Waals surface area contributed by atoms with Gasteiger partial charge in [0, 0.05) is 23.7 Å². The summed E-state index contributed by atoms with van der Waals surface area (Å²) < 4.78 is 26.8. The van der Waals surface area contributed by atoms with Gasteiger partial charge in [-0.25, -0.2) is 4.39 Å². The van der Waals surface area contributed by atoms with Crippen LogP contribution in [-0.4, -0.2) is 47.8 Å². The molecule has 4 aromatic rings. The summed E-state index contributed by atoms with van der Waals surface area (Å²) in [5.74, 6) is 1.05. The molecule has 0 bridgehead atoms. The first kappa shape index (κ1) is 26.7. The highest BCUT2D eigenvalue weighted by Crippen LogP contribution is 2.28. The molecule has 8 heteroatoms. The number of anilines is 1. The van der Waals surface area contributed by atoms with E-state index in [9.17, 15) is 9.18 Å². The van der Waals surface area contributed by atoms with E-state index in [4.69, 9.17) is 14.6 Å². The number of fused-ring (bicyclic) bond motifs is 1. The van der Waals surface area contributed by atoms with Crippen LogP contribution >= 0.6 is 0 Å². The summed E-state index contributed by atoms with van der Waals surface area (Å²) in [5.41, 5.74) is 3.81. The lowest BCUT2D eigenvalue weighted by atomic mass is 9.94. The summed E-state index contributed by atoms with van der Waals surface area (Å²) in [6.45, 7) is 5.40. The molecule has 2 heterocycles. The van der Waals surface area contributed by atoms with Crippen molar-refractivity contribution in [2.45, 2.75) is 39.3 Å². The number of benzene rings is 3. The molecule has 0 spiro atoms.